The standard InChI is InChI=1S/C17H30N4O2.HI/c1-2-18-16(19-12-17(23)8-3-9-17)20-14-6-10-21(11-7-14)15(22)13-4-5-13;/h13-14,23H,2-12H2,1H3,(H2,18,19,20);1H. The Labute approximate surface area is 161 Å². The topological polar surface area (TPSA) is 77.0 Å². The number of hydrogen-bond donors (Lipinski definition) is 3. The first-order chi connectivity index (χ1) is 11.1. The van der Waals surface area contributed by atoms with Crippen molar-refractivity contribution in [1.29, 1.82) is 0 Å². The second kappa shape index (κ2) is 8.69. The van der Waals surface area contributed by atoms with E-state index in [1.54, 1.807) is 0 Å². The van der Waals surface area contributed by atoms with E-state index in [9.17, 15) is 9.90 Å². The van der Waals surface area contributed by atoms with Crippen molar-refractivity contribution in [3.05, 3.63) is 0 Å². The average Bonchev–Trinajstić information content (AvgIpc) is 3.36. The number of guanidine groups is 1. The Balaban J connectivity index is 0.00000208. The minimum Gasteiger partial charge on any atom is -0.388 e. The lowest BCUT2D eigenvalue weighted by atomic mass is 9.80. The monoisotopic (exact) mass is 450 g/mol. The lowest BCUT2D eigenvalue weighted by molar-refractivity contribution is -0.133. The van der Waals surface area contributed by atoms with Crippen molar-refractivity contribution in [2.45, 2.75) is 63.5 Å². The number of hydrogen-bond acceptors (Lipinski definition) is 3. The highest BCUT2D eigenvalue weighted by Crippen LogP contribution is 2.32. The quantitative estimate of drug-likeness (QED) is 0.337. The molecule has 0 unspecified atom stereocenters. The highest BCUT2D eigenvalue weighted by atomic mass is 127. The molecule has 1 amide bonds. The van der Waals surface area contributed by atoms with Gasteiger partial charge in [0.15, 0.2) is 5.96 Å². The van der Waals surface area contributed by atoms with E-state index in [4.69, 9.17) is 0 Å². The summed E-state index contributed by atoms with van der Waals surface area (Å²) in [6.07, 6.45) is 6.91. The molecule has 1 aliphatic heterocycles. The SMILES string of the molecule is CCNC(=NCC1(O)CCC1)NC1CCN(C(=O)C2CC2)CC1.I. The molecule has 0 spiro atoms. The van der Waals surface area contributed by atoms with Crippen LogP contribution in [0.4, 0.5) is 0 Å². The van der Waals surface area contributed by atoms with Gasteiger partial charge in [0.05, 0.1) is 12.1 Å². The van der Waals surface area contributed by atoms with E-state index < -0.39 is 5.60 Å². The number of carbonyl (C=O) groups is 1. The van der Waals surface area contributed by atoms with Crippen LogP contribution >= 0.6 is 24.0 Å². The van der Waals surface area contributed by atoms with Gasteiger partial charge in [-0.15, -0.1) is 24.0 Å². The van der Waals surface area contributed by atoms with Crippen LogP contribution < -0.4 is 10.6 Å². The molecule has 0 radical (unpaired) electrons. The average molecular weight is 450 g/mol. The van der Waals surface area contributed by atoms with Crippen molar-refractivity contribution in [2.75, 3.05) is 26.2 Å². The van der Waals surface area contributed by atoms with Crippen molar-refractivity contribution in [3.63, 3.8) is 0 Å². The van der Waals surface area contributed by atoms with Gasteiger partial charge >= 0.3 is 0 Å². The Morgan fingerprint density at radius 3 is 2.42 bits per heavy atom. The van der Waals surface area contributed by atoms with Crippen LogP contribution in [0.15, 0.2) is 4.99 Å². The van der Waals surface area contributed by atoms with Crippen molar-refractivity contribution in [1.82, 2.24) is 15.5 Å². The van der Waals surface area contributed by atoms with Crippen molar-refractivity contribution in [2.24, 2.45) is 10.9 Å². The van der Waals surface area contributed by atoms with Gasteiger partial charge in [-0.3, -0.25) is 9.79 Å². The third kappa shape index (κ3) is 5.21. The molecule has 138 valence electrons. The summed E-state index contributed by atoms with van der Waals surface area (Å²) in [5.41, 5.74) is -0.581. The largest absolute Gasteiger partial charge is 0.388 e. The zero-order chi connectivity index (χ0) is 16.3. The fourth-order valence-electron chi connectivity index (χ4n) is 3.32. The number of aliphatic imine (C=N–C) groups is 1. The van der Waals surface area contributed by atoms with Crippen LogP contribution in [0.1, 0.15) is 51.9 Å². The Kier molecular flexibility index (Phi) is 7.15. The molecule has 24 heavy (non-hydrogen) atoms. The Morgan fingerprint density at radius 1 is 1.25 bits per heavy atom. The lowest BCUT2D eigenvalue weighted by Gasteiger charge is -2.36. The number of nitrogens with zero attached hydrogens (tertiary/aromatic N) is 2. The fourth-order valence-corrected chi connectivity index (χ4v) is 3.32. The minimum atomic E-state index is -0.581. The lowest BCUT2D eigenvalue weighted by Crippen LogP contribution is -2.50. The van der Waals surface area contributed by atoms with Crippen LogP contribution in [-0.4, -0.2) is 59.7 Å². The van der Waals surface area contributed by atoms with Gasteiger partial charge in [0.25, 0.3) is 0 Å². The smallest absolute Gasteiger partial charge is 0.225 e. The fraction of sp³-hybridized carbons (Fsp3) is 0.882. The molecule has 0 aromatic heterocycles. The summed E-state index contributed by atoms with van der Waals surface area (Å²) in [5, 5.41) is 16.9. The van der Waals surface area contributed by atoms with Crippen LogP contribution in [0.5, 0.6) is 0 Å². The number of nitrogens with one attached hydrogen (secondary N) is 2. The first-order valence-corrected chi connectivity index (χ1v) is 9.16. The van der Waals surface area contributed by atoms with E-state index in [1.807, 2.05) is 11.8 Å². The molecular weight excluding hydrogens is 419 g/mol. The summed E-state index contributed by atoms with van der Waals surface area (Å²) in [7, 11) is 0. The summed E-state index contributed by atoms with van der Waals surface area (Å²) in [6, 6.07) is 0.354. The molecular formula is C17H31IN4O2. The van der Waals surface area contributed by atoms with Crippen molar-refractivity contribution in [3.8, 4) is 0 Å². The van der Waals surface area contributed by atoms with Gasteiger partial charge in [-0.1, -0.05) is 0 Å². The molecule has 2 saturated carbocycles. The summed E-state index contributed by atoms with van der Waals surface area (Å²) >= 11 is 0. The Morgan fingerprint density at radius 2 is 1.92 bits per heavy atom. The highest BCUT2D eigenvalue weighted by Gasteiger charge is 2.35. The second-order valence-electron chi connectivity index (χ2n) is 7.29. The molecule has 0 bridgehead atoms. The second-order valence-corrected chi connectivity index (χ2v) is 7.29. The zero-order valence-electron chi connectivity index (χ0n) is 14.6. The number of halogens is 1. The van der Waals surface area contributed by atoms with E-state index in [-0.39, 0.29) is 24.0 Å². The van der Waals surface area contributed by atoms with Gasteiger partial charge in [-0.2, -0.15) is 0 Å². The molecule has 6 nitrogen and oxygen atoms in total. The molecule has 3 aliphatic rings. The number of piperidine rings is 1. The number of aliphatic hydroxyl groups is 1. The van der Waals surface area contributed by atoms with Gasteiger partial charge in [0.2, 0.25) is 5.91 Å². The maximum atomic E-state index is 12.1. The number of carbonyl (C=O) groups excluding carboxylic acids is 1. The van der Waals surface area contributed by atoms with Crippen LogP contribution in [0.3, 0.4) is 0 Å². The van der Waals surface area contributed by atoms with Gasteiger partial charge in [0.1, 0.15) is 0 Å². The van der Waals surface area contributed by atoms with E-state index in [0.29, 0.717) is 24.4 Å². The first kappa shape index (κ1) is 19.8. The molecule has 0 aromatic rings. The Bertz CT molecular complexity index is 456. The molecule has 3 rings (SSSR count). The molecule has 1 heterocycles. The summed E-state index contributed by atoms with van der Waals surface area (Å²) < 4.78 is 0. The summed E-state index contributed by atoms with van der Waals surface area (Å²) in [6.45, 7) is 5.02. The molecule has 7 heteroatoms. The summed E-state index contributed by atoms with van der Waals surface area (Å²) in [5.74, 6) is 1.47. The predicted molar refractivity (Wildman–Crippen MR) is 106 cm³/mol. The third-order valence-corrected chi connectivity index (χ3v) is 5.23. The Hall–Kier alpha value is -0.570. The number of amides is 1. The van der Waals surface area contributed by atoms with Crippen LogP contribution in [0.2, 0.25) is 0 Å². The van der Waals surface area contributed by atoms with E-state index in [2.05, 4.69) is 15.6 Å². The minimum absolute atomic E-state index is 0. The van der Waals surface area contributed by atoms with Gasteiger partial charge < -0.3 is 20.6 Å². The van der Waals surface area contributed by atoms with Gasteiger partial charge in [0, 0.05) is 31.6 Å². The van der Waals surface area contributed by atoms with Crippen LogP contribution in [0.25, 0.3) is 0 Å². The molecule has 3 N–H and O–H groups in total. The van der Waals surface area contributed by atoms with Crippen molar-refractivity contribution >= 4 is 35.8 Å². The number of likely N-dealkylation sites (tertiary alicyclic amines) is 1. The molecule has 2 aliphatic carbocycles. The van der Waals surface area contributed by atoms with E-state index in [0.717, 1.165) is 70.5 Å². The van der Waals surface area contributed by atoms with Crippen LogP contribution in [0, 0.1) is 5.92 Å². The molecule has 1 saturated heterocycles. The van der Waals surface area contributed by atoms with E-state index in [1.165, 1.54) is 0 Å². The number of rotatable bonds is 5. The predicted octanol–water partition coefficient (Wildman–Crippen LogP) is 1.48. The normalized spacial score (nSPS) is 23.9. The summed E-state index contributed by atoms with van der Waals surface area (Å²) in [4.78, 5) is 18.7. The van der Waals surface area contributed by atoms with E-state index >= 15 is 0 Å². The third-order valence-electron chi connectivity index (χ3n) is 5.23. The zero-order valence-corrected chi connectivity index (χ0v) is 16.9. The molecule has 0 aromatic carbocycles. The van der Waals surface area contributed by atoms with Crippen LogP contribution in [-0.2, 0) is 4.79 Å². The molecule has 0 atom stereocenters. The molecule has 3 fully saturated rings. The first-order valence-electron chi connectivity index (χ1n) is 9.16. The maximum Gasteiger partial charge on any atom is 0.225 e. The highest BCUT2D eigenvalue weighted by molar-refractivity contribution is 14.0. The maximum absolute atomic E-state index is 12.1. The van der Waals surface area contributed by atoms with Gasteiger partial charge in [-0.25, -0.2) is 0 Å². The van der Waals surface area contributed by atoms with Gasteiger partial charge in [-0.05, 0) is 51.9 Å². The van der Waals surface area contributed by atoms with Crippen molar-refractivity contribution < 1.29 is 9.90 Å².